The lowest BCUT2D eigenvalue weighted by molar-refractivity contribution is -0.120. The Bertz CT molecular complexity index is 783. The van der Waals surface area contributed by atoms with E-state index in [0.29, 0.717) is 44.1 Å². The van der Waals surface area contributed by atoms with Crippen LogP contribution in [0.3, 0.4) is 0 Å². The maximum atomic E-state index is 13.2. The molecule has 2 aromatic rings. The summed E-state index contributed by atoms with van der Waals surface area (Å²) >= 11 is 0. The summed E-state index contributed by atoms with van der Waals surface area (Å²) < 4.78 is 13.2. The first-order valence-corrected chi connectivity index (χ1v) is 9.84. The number of aliphatic hydroxyl groups excluding tert-OH is 1. The number of nitrogens with zero attached hydrogens (tertiary/aromatic N) is 1. The smallest absolute Gasteiger partial charge is 0.224 e. The van der Waals surface area contributed by atoms with E-state index in [2.05, 4.69) is 20.9 Å². The number of guanidine groups is 1. The number of aliphatic hydroxyl groups is 1. The van der Waals surface area contributed by atoms with Gasteiger partial charge in [0.25, 0.3) is 0 Å². The number of aliphatic imine (C=N–C) groups is 1. The van der Waals surface area contributed by atoms with Gasteiger partial charge in [-0.15, -0.1) is 0 Å². The Morgan fingerprint density at radius 3 is 2.55 bits per heavy atom. The molecule has 0 aliphatic rings. The van der Waals surface area contributed by atoms with Crippen LogP contribution in [0.25, 0.3) is 0 Å². The molecule has 0 fully saturated rings. The van der Waals surface area contributed by atoms with E-state index in [1.165, 1.54) is 12.1 Å². The molecule has 0 aromatic heterocycles. The average molecular weight is 400 g/mol. The van der Waals surface area contributed by atoms with Gasteiger partial charge >= 0.3 is 0 Å². The highest BCUT2D eigenvalue weighted by Gasteiger charge is 2.07. The van der Waals surface area contributed by atoms with Crippen LogP contribution in [0, 0.1) is 5.82 Å². The molecule has 0 aliphatic heterocycles. The van der Waals surface area contributed by atoms with Gasteiger partial charge in [-0.2, -0.15) is 0 Å². The molecule has 0 bridgehead atoms. The van der Waals surface area contributed by atoms with E-state index in [1.54, 1.807) is 12.1 Å². The quantitative estimate of drug-likeness (QED) is 0.280. The third-order valence-electron chi connectivity index (χ3n) is 4.19. The molecule has 156 valence electrons. The van der Waals surface area contributed by atoms with Gasteiger partial charge in [0.1, 0.15) is 5.82 Å². The van der Waals surface area contributed by atoms with Crippen molar-refractivity contribution in [2.45, 2.75) is 25.9 Å². The van der Waals surface area contributed by atoms with Gasteiger partial charge in [0.2, 0.25) is 5.91 Å². The number of rotatable bonds is 10. The molecular formula is C22H29FN4O2. The molecule has 2 rings (SSSR count). The molecule has 29 heavy (non-hydrogen) atoms. The second-order valence-electron chi connectivity index (χ2n) is 6.56. The minimum absolute atomic E-state index is 0.142. The van der Waals surface area contributed by atoms with Crippen molar-refractivity contribution in [3.8, 4) is 0 Å². The van der Waals surface area contributed by atoms with Crippen molar-refractivity contribution < 1.29 is 14.3 Å². The summed E-state index contributed by atoms with van der Waals surface area (Å²) in [5, 5.41) is 19.3. The standard InChI is InChI=1S/C22H29FN4O2/c1-2-24-22(26-12-11-20(28)18-8-4-3-5-9-18)27-14-13-25-21(29)16-17-7-6-10-19(23)15-17/h3-10,15,20,28H,2,11-14,16H2,1H3,(H,25,29)(H2,24,26,27). The zero-order chi connectivity index (χ0) is 20.9. The Morgan fingerprint density at radius 1 is 1.07 bits per heavy atom. The third-order valence-corrected chi connectivity index (χ3v) is 4.19. The maximum absolute atomic E-state index is 13.2. The summed E-state index contributed by atoms with van der Waals surface area (Å²) in [6.45, 7) is 4.07. The molecule has 4 N–H and O–H groups in total. The van der Waals surface area contributed by atoms with E-state index in [4.69, 9.17) is 0 Å². The summed E-state index contributed by atoms with van der Waals surface area (Å²) in [7, 11) is 0. The molecule has 1 amide bonds. The normalized spacial score (nSPS) is 12.3. The van der Waals surface area contributed by atoms with Crippen LogP contribution in [-0.2, 0) is 11.2 Å². The first-order valence-electron chi connectivity index (χ1n) is 9.84. The minimum Gasteiger partial charge on any atom is -0.388 e. The van der Waals surface area contributed by atoms with Crippen LogP contribution >= 0.6 is 0 Å². The number of halogens is 1. The molecule has 0 aliphatic carbocycles. The summed E-state index contributed by atoms with van der Waals surface area (Å²) in [6.07, 6.45) is 0.110. The Balaban J connectivity index is 1.69. The van der Waals surface area contributed by atoms with Gasteiger partial charge in [-0.1, -0.05) is 42.5 Å². The van der Waals surface area contributed by atoms with E-state index in [0.717, 1.165) is 5.56 Å². The topological polar surface area (TPSA) is 85.8 Å². The molecular weight excluding hydrogens is 371 g/mol. The number of hydrogen-bond acceptors (Lipinski definition) is 3. The van der Waals surface area contributed by atoms with Gasteiger partial charge in [-0.05, 0) is 36.6 Å². The number of hydrogen-bond donors (Lipinski definition) is 4. The Kier molecular flexibility index (Phi) is 9.65. The summed E-state index contributed by atoms with van der Waals surface area (Å²) in [5.41, 5.74) is 1.52. The fraction of sp³-hybridized carbons (Fsp3) is 0.364. The van der Waals surface area contributed by atoms with Crippen LogP contribution in [0.5, 0.6) is 0 Å². The highest BCUT2D eigenvalue weighted by atomic mass is 19.1. The van der Waals surface area contributed by atoms with Gasteiger partial charge in [-0.3, -0.25) is 9.79 Å². The highest BCUT2D eigenvalue weighted by Crippen LogP contribution is 2.15. The number of benzene rings is 2. The number of amides is 1. The van der Waals surface area contributed by atoms with E-state index in [-0.39, 0.29) is 18.1 Å². The molecule has 0 saturated carbocycles. The van der Waals surface area contributed by atoms with Crippen molar-refractivity contribution in [3.63, 3.8) is 0 Å². The Hall–Kier alpha value is -2.93. The Morgan fingerprint density at radius 2 is 1.83 bits per heavy atom. The van der Waals surface area contributed by atoms with Crippen molar-refractivity contribution in [1.29, 1.82) is 0 Å². The van der Waals surface area contributed by atoms with E-state index in [9.17, 15) is 14.3 Å². The van der Waals surface area contributed by atoms with E-state index < -0.39 is 6.10 Å². The molecule has 0 saturated heterocycles. The van der Waals surface area contributed by atoms with Crippen LogP contribution in [0.2, 0.25) is 0 Å². The second kappa shape index (κ2) is 12.5. The Labute approximate surface area is 171 Å². The average Bonchev–Trinajstić information content (AvgIpc) is 2.71. The molecule has 0 heterocycles. The summed E-state index contributed by atoms with van der Waals surface area (Å²) in [5.74, 6) is 0.123. The summed E-state index contributed by atoms with van der Waals surface area (Å²) in [4.78, 5) is 16.4. The van der Waals surface area contributed by atoms with Gasteiger partial charge in [0.05, 0.1) is 12.5 Å². The van der Waals surface area contributed by atoms with Crippen molar-refractivity contribution in [1.82, 2.24) is 16.0 Å². The zero-order valence-corrected chi connectivity index (χ0v) is 16.7. The van der Waals surface area contributed by atoms with Crippen LogP contribution in [0.15, 0.2) is 59.6 Å². The highest BCUT2D eigenvalue weighted by molar-refractivity contribution is 5.80. The third kappa shape index (κ3) is 8.74. The summed E-state index contributed by atoms with van der Waals surface area (Å²) in [6, 6.07) is 15.5. The minimum atomic E-state index is -0.551. The molecule has 2 aromatic carbocycles. The fourth-order valence-electron chi connectivity index (χ4n) is 2.76. The fourth-order valence-corrected chi connectivity index (χ4v) is 2.76. The van der Waals surface area contributed by atoms with Gasteiger partial charge in [-0.25, -0.2) is 4.39 Å². The first kappa shape index (κ1) is 22.4. The van der Waals surface area contributed by atoms with Crippen molar-refractivity contribution in [3.05, 3.63) is 71.5 Å². The van der Waals surface area contributed by atoms with Crippen molar-refractivity contribution in [2.24, 2.45) is 4.99 Å². The van der Waals surface area contributed by atoms with E-state index >= 15 is 0 Å². The number of carbonyl (C=O) groups excluding carboxylic acids is 1. The second-order valence-corrected chi connectivity index (χ2v) is 6.56. The molecule has 1 unspecified atom stereocenters. The van der Waals surface area contributed by atoms with Gasteiger partial charge in [0.15, 0.2) is 5.96 Å². The van der Waals surface area contributed by atoms with Gasteiger partial charge in [0, 0.05) is 26.2 Å². The molecule has 7 heteroatoms. The largest absolute Gasteiger partial charge is 0.388 e. The molecule has 0 spiro atoms. The monoisotopic (exact) mass is 400 g/mol. The van der Waals surface area contributed by atoms with E-state index in [1.807, 2.05) is 37.3 Å². The molecule has 1 atom stereocenters. The van der Waals surface area contributed by atoms with Gasteiger partial charge < -0.3 is 21.1 Å². The van der Waals surface area contributed by atoms with Crippen molar-refractivity contribution in [2.75, 3.05) is 26.2 Å². The maximum Gasteiger partial charge on any atom is 0.224 e. The lowest BCUT2D eigenvalue weighted by Crippen LogP contribution is -2.41. The zero-order valence-electron chi connectivity index (χ0n) is 16.7. The van der Waals surface area contributed by atoms with Crippen LogP contribution in [-0.4, -0.2) is 43.2 Å². The first-order chi connectivity index (χ1) is 14.1. The van der Waals surface area contributed by atoms with Crippen LogP contribution in [0.1, 0.15) is 30.6 Å². The predicted octanol–water partition coefficient (Wildman–Crippen LogP) is 2.16. The molecule has 6 nitrogen and oxygen atoms in total. The lowest BCUT2D eigenvalue weighted by Gasteiger charge is -2.13. The van der Waals surface area contributed by atoms with Crippen LogP contribution in [0.4, 0.5) is 4.39 Å². The lowest BCUT2D eigenvalue weighted by atomic mass is 10.1. The van der Waals surface area contributed by atoms with Crippen molar-refractivity contribution >= 4 is 11.9 Å². The van der Waals surface area contributed by atoms with Crippen LogP contribution < -0.4 is 16.0 Å². The SMILES string of the molecule is CCNC(=NCCC(O)c1ccccc1)NCCNC(=O)Cc1cccc(F)c1. The number of carbonyl (C=O) groups is 1. The predicted molar refractivity (Wildman–Crippen MR) is 113 cm³/mol. The number of nitrogens with one attached hydrogen (secondary N) is 3. The molecule has 0 radical (unpaired) electrons.